The number of amides is 1. The quantitative estimate of drug-likeness (QED) is 0.765. The molecule has 9 heteroatoms. The third kappa shape index (κ3) is 5.09. The minimum absolute atomic E-state index is 0.193. The summed E-state index contributed by atoms with van der Waals surface area (Å²) >= 11 is 1.35. The molecule has 2 heterocycles. The van der Waals surface area contributed by atoms with E-state index in [2.05, 4.69) is 20.3 Å². The van der Waals surface area contributed by atoms with Crippen LogP contribution in [-0.2, 0) is 10.3 Å². The van der Waals surface area contributed by atoms with Crippen molar-refractivity contribution in [3.63, 3.8) is 0 Å². The molecule has 1 unspecified atom stereocenters. The number of benzene rings is 1. The average molecular weight is 420 g/mol. The van der Waals surface area contributed by atoms with Crippen molar-refractivity contribution in [3.8, 4) is 11.1 Å². The number of carbonyl (C=O) groups excluding carboxylic acids is 1. The normalized spacial score (nSPS) is 19.4. The van der Waals surface area contributed by atoms with Gasteiger partial charge in [-0.2, -0.15) is 0 Å². The van der Waals surface area contributed by atoms with Crippen molar-refractivity contribution in [1.82, 2.24) is 15.3 Å². The Balaban J connectivity index is 1.95. The van der Waals surface area contributed by atoms with Gasteiger partial charge >= 0.3 is 6.09 Å². The molecule has 6 nitrogen and oxygen atoms in total. The van der Waals surface area contributed by atoms with E-state index >= 15 is 0 Å². The number of hydrogen-bond donors (Lipinski definition) is 1. The number of halogens is 2. The summed E-state index contributed by atoms with van der Waals surface area (Å²) in [6.45, 7) is 7.03. The number of rotatable bonds is 2. The highest BCUT2D eigenvalue weighted by Gasteiger charge is 2.34. The van der Waals surface area contributed by atoms with Crippen LogP contribution in [0.25, 0.3) is 11.1 Å². The van der Waals surface area contributed by atoms with E-state index in [1.54, 1.807) is 27.7 Å². The van der Waals surface area contributed by atoms with Gasteiger partial charge in [0.15, 0.2) is 5.17 Å². The molecule has 1 atom stereocenters. The third-order valence-corrected chi connectivity index (χ3v) is 5.17. The Hall–Kier alpha value is -2.55. The summed E-state index contributed by atoms with van der Waals surface area (Å²) in [5.74, 6) is -0.796. The van der Waals surface area contributed by atoms with Gasteiger partial charge in [0.05, 0.1) is 5.54 Å². The Kier molecular flexibility index (Phi) is 5.88. The van der Waals surface area contributed by atoms with E-state index in [4.69, 9.17) is 4.74 Å². The molecule has 29 heavy (non-hydrogen) atoms. The van der Waals surface area contributed by atoms with E-state index in [0.717, 1.165) is 6.07 Å². The number of aromatic nitrogens is 2. The summed E-state index contributed by atoms with van der Waals surface area (Å²) in [5.41, 5.74) is -0.753. The highest BCUT2D eigenvalue weighted by Crippen LogP contribution is 2.39. The summed E-state index contributed by atoms with van der Waals surface area (Å²) in [5, 5.41) is 2.95. The van der Waals surface area contributed by atoms with Gasteiger partial charge in [-0.05, 0) is 40.2 Å². The zero-order valence-electron chi connectivity index (χ0n) is 16.6. The number of amidine groups is 1. The number of ether oxygens (including phenoxy) is 1. The van der Waals surface area contributed by atoms with Crippen LogP contribution in [0, 0.1) is 11.6 Å². The van der Waals surface area contributed by atoms with Crippen molar-refractivity contribution in [2.75, 3.05) is 5.75 Å². The lowest BCUT2D eigenvalue weighted by molar-refractivity contribution is 0.0564. The molecule has 3 rings (SSSR count). The molecule has 0 saturated carbocycles. The van der Waals surface area contributed by atoms with Crippen molar-refractivity contribution in [2.24, 2.45) is 4.99 Å². The second-order valence-electron chi connectivity index (χ2n) is 7.86. The SMILES string of the molecule is CC(C)(C)OC(=O)NC1=NC(C)(c2cc(-c3cncnc3)c(F)cc2F)CCS1. The van der Waals surface area contributed by atoms with Crippen LogP contribution >= 0.6 is 11.8 Å². The number of alkyl carbamates (subject to hydrolysis) is 1. The van der Waals surface area contributed by atoms with Gasteiger partial charge < -0.3 is 4.74 Å². The van der Waals surface area contributed by atoms with E-state index < -0.39 is 28.9 Å². The Morgan fingerprint density at radius 1 is 1.21 bits per heavy atom. The van der Waals surface area contributed by atoms with Gasteiger partial charge in [0.2, 0.25) is 0 Å². The van der Waals surface area contributed by atoms with Crippen molar-refractivity contribution in [2.45, 2.75) is 45.3 Å². The van der Waals surface area contributed by atoms with Gasteiger partial charge in [-0.25, -0.2) is 23.5 Å². The first-order valence-corrected chi connectivity index (χ1v) is 10.0. The second-order valence-corrected chi connectivity index (χ2v) is 8.94. The lowest BCUT2D eigenvalue weighted by Gasteiger charge is -2.31. The van der Waals surface area contributed by atoms with Crippen LogP contribution in [0.3, 0.4) is 0 Å². The van der Waals surface area contributed by atoms with Gasteiger partial charge in [0, 0.05) is 40.9 Å². The fourth-order valence-corrected chi connectivity index (χ4v) is 4.04. The minimum Gasteiger partial charge on any atom is -0.444 e. The molecule has 1 aromatic heterocycles. The largest absolute Gasteiger partial charge is 0.444 e. The maximum absolute atomic E-state index is 14.7. The molecule has 0 fully saturated rings. The molecule has 1 aromatic carbocycles. The van der Waals surface area contributed by atoms with Crippen molar-refractivity contribution in [1.29, 1.82) is 0 Å². The fourth-order valence-electron chi connectivity index (χ4n) is 2.93. The summed E-state index contributed by atoms with van der Waals surface area (Å²) in [7, 11) is 0. The minimum atomic E-state index is -0.974. The highest BCUT2D eigenvalue weighted by molar-refractivity contribution is 8.13. The number of nitrogens with zero attached hydrogens (tertiary/aromatic N) is 3. The summed E-state index contributed by atoms with van der Waals surface area (Å²) in [6.07, 6.45) is 4.15. The number of aliphatic imine (C=N–C) groups is 1. The molecule has 0 aliphatic carbocycles. The van der Waals surface area contributed by atoms with Crippen LogP contribution < -0.4 is 5.32 Å². The second kappa shape index (κ2) is 8.06. The molecule has 1 aliphatic heterocycles. The maximum atomic E-state index is 14.7. The first kappa shape index (κ1) is 21.2. The van der Waals surface area contributed by atoms with Gasteiger partial charge in [0.1, 0.15) is 23.6 Å². The first-order valence-electron chi connectivity index (χ1n) is 9.05. The summed E-state index contributed by atoms with van der Waals surface area (Å²) in [4.78, 5) is 24.4. The zero-order chi connectivity index (χ0) is 21.2. The Morgan fingerprint density at radius 3 is 2.55 bits per heavy atom. The fraction of sp³-hybridized carbons (Fsp3) is 0.400. The van der Waals surface area contributed by atoms with Gasteiger partial charge in [-0.3, -0.25) is 10.3 Å². The van der Waals surface area contributed by atoms with E-state index in [0.29, 0.717) is 22.9 Å². The molecule has 154 valence electrons. The Morgan fingerprint density at radius 2 is 1.90 bits per heavy atom. The van der Waals surface area contributed by atoms with Crippen LogP contribution in [0.15, 0.2) is 35.8 Å². The van der Waals surface area contributed by atoms with E-state index in [9.17, 15) is 13.6 Å². The molecule has 2 aromatic rings. The molecular formula is C20H22F2N4O2S. The Bertz CT molecular complexity index is 947. The summed E-state index contributed by atoms with van der Waals surface area (Å²) in [6, 6.07) is 2.29. The highest BCUT2D eigenvalue weighted by atomic mass is 32.2. The van der Waals surface area contributed by atoms with Gasteiger partial charge in [-0.1, -0.05) is 11.8 Å². The topological polar surface area (TPSA) is 76.5 Å². The van der Waals surface area contributed by atoms with E-state index in [-0.39, 0.29) is 11.1 Å². The lowest BCUT2D eigenvalue weighted by atomic mass is 9.87. The number of nitrogens with one attached hydrogen (secondary N) is 1. The van der Waals surface area contributed by atoms with Crippen LogP contribution in [0.1, 0.15) is 39.7 Å². The summed E-state index contributed by atoms with van der Waals surface area (Å²) < 4.78 is 34.4. The molecular weight excluding hydrogens is 398 g/mol. The Labute approximate surface area is 172 Å². The monoisotopic (exact) mass is 420 g/mol. The molecule has 0 saturated heterocycles. The van der Waals surface area contributed by atoms with Crippen LogP contribution in [-0.4, -0.2) is 32.6 Å². The number of thioether (sulfide) groups is 1. The zero-order valence-corrected chi connectivity index (χ0v) is 17.4. The van der Waals surface area contributed by atoms with Gasteiger partial charge in [0.25, 0.3) is 0 Å². The lowest BCUT2D eigenvalue weighted by Crippen LogP contribution is -2.38. The van der Waals surface area contributed by atoms with E-state index in [1.807, 2.05) is 0 Å². The predicted molar refractivity (Wildman–Crippen MR) is 109 cm³/mol. The standard InChI is InChI=1S/C20H22F2N4O2S/c1-19(2,3)28-18(27)25-17-26-20(4,5-6-29-17)14-7-13(15(21)8-16(14)22)12-9-23-11-24-10-12/h7-11H,5-6H2,1-4H3,(H,25,26,27). The van der Waals surface area contributed by atoms with Gasteiger partial charge in [-0.15, -0.1) is 0 Å². The van der Waals surface area contributed by atoms with Crippen molar-refractivity contribution in [3.05, 3.63) is 48.1 Å². The number of hydrogen-bond acceptors (Lipinski definition) is 6. The molecule has 0 spiro atoms. The molecule has 1 amide bonds. The number of carbonyl (C=O) groups is 1. The van der Waals surface area contributed by atoms with Crippen molar-refractivity contribution >= 4 is 23.0 Å². The molecule has 1 N–H and O–H groups in total. The maximum Gasteiger partial charge on any atom is 0.413 e. The van der Waals surface area contributed by atoms with E-state index in [1.165, 1.54) is 36.5 Å². The molecule has 0 bridgehead atoms. The molecule has 1 aliphatic rings. The predicted octanol–water partition coefficient (Wildman–Crippen LogP) is 4.65. The van der Waals surface area contributed by atoms with Crippen LogP contribution in [0.2, 0.25) is 0 Å². The van der Waals surface area contributed by atoms with Crippen LogP contribution in [0.4, 0.5) is 13.6 Å². The van der Waals surface area contributed by atoms with Crippen LogP contribution in [0.5, 0.6) is 0 Å². The average Bonchev–Trinajstić information content (AvgIpc) is 2.60. The molecule has 0 radical (unpaired) electrons. The first-order chi connectivity index (χ1) is 13.6. The third-order valence-electron chi connectivity index (χ3n) is 4.29. The van der Waals surface area contributed by atoms with Crippen molar-refractivity contribution < 1.29 is 18.3 Å². The smallest absolute Gasteiger partial charge is 0.413 e.